The van der Waals surface area contributed by atoms with E-state index in [2.05, 4.69) is 23.1 Å². The van der Waals surface area contributed by atoms with Crippen molar-refractivity contribution in [1.29, 1.82) is 5.26 Å². The second-order valence-corrected chi connectivity index (χ2v) is 4.38. The third-order valence-corrected chi connectivity index (χ3v) is 3.25. The Bertz CT molecular complexity index is 369. The zero-order valence-electron chi connectivity index (χ0n) is 9.39. The molecule has 1 aromatic carbocycles. The van der Waals surface area contributed by atoms with Gasteiger partial charge in [0, 0.05) is 30.9 Å². The van der Waals surface area contributed by atoms with Crippen LogP contribution in [0.4, 0.5) is 11.4 Å². The van der Waals surface area contributed by atoms with Crippen LogP contribution < -0.4 is 10.6 Å². The van der Waals surface area contributed by atoms with Gasteiger partial charge in [-0.2, -0.15) is 5.26 Å². The van der Waals surface area contributed by atoms with E-state index in [-0.39, 0.29) is 0 Å². The predicted molar refractivity (Wildman–Crippen MR) is 66.0 cm³/mol. The van der Waals surface area contributed by atoms with E-state index in [1.165, 1.54) is 5.69 Å². The first-order valence-electron chi connectivity index (χ1n) is 5.77. The summed E-state index contributed by atoms with van der Waals surface area (Å²) >= 11 is 0. The van der Waals surface area contributed by atoms with E-state index in [4.69, 9.17) is 11.0 Å². The smallest absolute Gasteiger partial charge is 0.0624 e. The van der Waals surface area contributed by atoms with E-state index < -0.39 is 0 Å². The summed E-state index contributed by atoms with van der Waals surface area (Å²) in [7, 11) is 0. The van der Waals surface area contributed by atoms with Gasteiger partial charge in [-0.05, 0) is 43.0 Å². The quantitative estimate of drug-likeness (QED) is 0.771. The molecule has 1 fully saturated rings. The van der Waals surface area contributed by atoms with Crippen molar-refractivity contribution >= 4 is 11.4 Å². The molecule has 0 bridgehead atoms. The van der Waals surface area contributed by atoms with Crippen LogP contribution in [-0.2, 0) is 0 Å². The van der Waals surface area contributed by atoms with Crippen LogP contribution in [0.1, 0.15) is 19.3 Å². The molecule has 1 aromatic rings. The Balaban J connectivity index is 1.94. The first kappa shape index (κ1) is 10.8. The summed E-state index contributed by atoms with van der Waals surface area (Å²) in [6, 6.07) is 10.3. The van der Waals surface area contributed by atoms with Crippen LogP contribution in [-0.4, -0.2) is 13.1 Å². The van der Waals surface area contributed by atoms with E-state index in [1.54, 1.807) is 0 Å². The third kappa shape index (κ3) is 2.46. The highest BCUT2D eigenvalue weighted by atomic mass is 15.1. The zero-order valence-corrected chi connectivity index (χ0v) is 9.39. The molecule has 1 heterocycles. The molecule has 3 nitrogen and oxygen atoms in total. The number of rotatable bonds is 2. The van der Waals surface area contributed by atoms with Crippen LogP contribution in [0, 0.1) is 17.2 Å². The van der Waals surface area contributed by atoms with Crippen molar-refractivity contribution < 1.29 is 0 Å². The molecule has 3 heteroatoms. The summed E-state index contributed by atoms with van der Waals surface area (Å²) in [6.45, 7) is 2.10. The molecule has 1 aliphatic heterocycles. The first-order chi connectivity index (χ1) is 7.79. The first-order valence-corrected chi connectivity index (χ1v) is 5.77. The number of benzene rings is 1. The van der Waals surface area contributed by atoms with Gasteiger partial charge in [0.25, 0.3) is 0 Å². The molecule has 2 rings (SSSR count). The van der Waals surface area contributed by atoms with Gasteiger partial charge in [0.15, 0.2) is 0 Å². The minimum Gasteiger partial charge on any atom is -0.399 e. The van der Waals surface area contributed by atoms with Crippen LogP contribution in [0.25, 0.3) is 0 Å². The number of hydrogen-bond donors (Lipinski definition) is 1. The topological polar surface area (TPSA) is 53.0 Å². The summed E-state index contributed by atoms with van der Waals surface area (Å²) in [4.78, 5) is 2.37. The molecular weight excluding hydrogens is 198 g/mol. The van der Waals surface area contributed by atoms with Crippen molar-refractivity contribution in [2.24, 2.45) is 5.92 Å². The molecule has 0 amide bonds. The Morgan fingerprint density at radius 1 is 1.25 bits per heavy atom. The van der Waals surface area contributed by atoms with Gasteiger partial charge in [-0.1, -0.05) is 0 Å². The van der Waals surface area contributed by atoms with Gasteiger partial charge in [0.2, 0.25) is 0 Å². The number of nitrogens with two attached hydrogens (primary N) is 1. The number of hydrogen-bond acceptors (Lipinski definition) is 3. The third-order valence-electron chi connectivity index (χ3n) is 3.25. The zero-order chi connectivity index (χ0) is 11.4. The van der Waals surface area contributed by atoms with E-state index in [9.17, 15) is 0 Å². The number of nitrogen functional groups attached to an aromatic ring is 1. The number of nitriles is 1. The Kier molecular flexibility index (Phi) is 3.31. The Morgan fingerprint density at radius 2 is 1.88 bits per heavy atom. The Labute approximate surface area is 96.5 Å². The fourth-order valence-corrected chi connectivity index (χ4v) is 2.21. The van der Waals surface area contributed by atoms with Crippen LogP contribution in [0.15, 0.2) is 24.3 Å². The fourth-order valence-electron chi connectivity index (χ4n) is 2.21. The van der Waals surface area contributed by atoms with Gasteiger partial charge in [-0.25, -0.2) is 0 Å². The molecule has 16 heavy (non-hydrogen) atoms. The summed E-state index contributed by atoms with van der Waals surface area (Å²) in [5.41, 5.74) is 7.71. The fraction of sp³-hybridized carbons (Fsp3) is 0.462. The highest BCUT2D eigenvalue weighted by Gasteiger charge is 2.18. The van der Waals surface area contributed by atoms with Crippen molar-refractivity contribution in [2.75, 3.05) is 23.7 Å². The summed E-state index contributed by atoms with van der Waals surface area (Å²) in [5.74, 6) is 0.593. The molecule has 0 atom stereocenters. The SMILES string of the molecule is N#CCC1CCN(c2ccc(N)cc2)CC1. The molecule has 0 aromatic heterocycles. The van der Waals surface area contributed by atoms with Crippen LogP contribution in [0.2, 0.25) is 0 Å². The normalized spacial score (nSPS) is 17.1. The Hall–Kier alpha value is -1.69. The monoisotopic (exact) mass is 215 g/mol. The maximum Gasteiger partial charge on any atom is 0.0624 e. The lowest BCUT2D eigenvalue weighted by Gasteiger charge is -2.32. The van der Waals surface area contributed by atoms with Crippen molar-refractivity contribution in [2.45, 2.75) is 19.3 Å². The van der Waals surface area contributed by atoms with Crippen molar-refractivity contribution in [1.82, 2.24) is 0 Å². The highest BCUT2D eigenvalue weighted by Crippen LogP contribution is 2.25. The summed E-state index contributed by atoms with van der Waals surface area (Å²) in [5, 5.41) is 8.65. The molecule has 1 aliphatic rings. The van der Waals surface area contributed by atoms with Gasteiger partial charge < -0.3 is 10.6 Å². The van der Waals surface area contributed by atoms with Crippen LogP contribution in [0.5, 0.6) is 0 Å². The second-order valence-electron chi connectivity index (χ2n) is 4.38. The largest absolute Gasteiger partial charge is 0.399 e. The standard InChI is InChI=1S/C13H17N3/c14-8-5-11-6-9-16(10-7-11)13-3-1-12(15)2-4-13/h1-4,11H,5-7,9-10,15H2. The van der Waals surface area contributed by atoms with Crippen LogP contribution >= 0.6 is 0 Å². The molecule has 1 saturated heterocycles. The van der Waals surface area contributed by atoms with Gasteiger partial charge in [-0.15, -0.1) is 0 Å². The average molecular weight is 215 g/mol. The molecule has 0 aliphatic carbocycles. The van der Waals surface area contributed by atoms with E-state index >= 15 is 0 Å². The van der Waals surface area contributed by atoms with E-state index in [0.717, 1.165) is 31.6 Å². The maximum absolute atomic E-state index is 8.65. The minimum absolute atomic E-state index is 0.593. The van der Waals surface area contributed by atoms with Crippen molar-refractivity contribution in [3.63, 3.8) is 0 Å². The van der Waals surface area contributed by atoms with E-state index in [1.807, 2.05) is 12.1 Å². The van der Waals surface area contributed by atoms with Gasteiger partial charge in [0.05, 0.1) is 6.07 Å². The Morgan fingerprint density at radius 3 is 2.44 bits per heavy atom. The predicted octanol–water partition coefficient (Wildman–Crippen LogP) is 2.40. The number of anilines is 2. The minimum atomic E-state index is 0.593. The molecule has 2 N–H and O–H groups in total. The molecular formula is C13H17N3. The average Bonchev–Trinajstić information content (AvgIpc) is 2.32. The molecule has 84 valence electrons. The number of piperidine rings is 1. The molecule has 0 saturated carbocycles. The van der Waals surface area contributed by atoms with Gasteiger partial charge in [0.1, 0.15) is 0 Å². The summed E-state index contributed by atoms with van der Waals surface area (Å²) in [6.07, 6.45) is 2.95. The van der Waals surface area contributed by atoms with Gasteiger partial charge in [-0.3, -0.25) is 0 Å². The lowest BCUT2D eigenvalue weighted by molar-refractivity contribution is 0.413. The van der Waals surface area contributed by atoms with Crippen molar-refractivity contribution in [3.05, 3.63) is 24.3 Å². The van der Waals surface area contributed by atoms with Crippen molar-refractivity contribution in [3.8, 4) is 6.07 Å². The van der Waals surface area contributed by atoms with Crippen LogP contribution in [0.3, 0.4) is 0 Å². The molecule has 0 unspecified atom stereocenters. The maximum atomic E-state index is 8.65. The van der Waals surface area contributed by atoms with E-state index in [0.29, 0.717) is 12.3 Å². The molecule has 0 radical (unpaired) electrons. The lowest BCUT2D eigenvalue weighted by atomic mass is 9.94. The summed E-state index contributed by atoms with van der Waals surface area (Å²) < 4.78 is 0. The lowest BCUT2D eigenvalue weighted by Crippen LogP contribution is -2.33. The molecule has 0 spiro atoms. The highest BCUT2D eigenvalue weighted by molar-refractivity contribution is 5.53. The second kappa shape index (κ2) is 4.89. The van der Waals surface area contributed by atoms with Gasteiger partial charge >= 0.3 is 0 Å². The number of nitrogens with zero attached hydrogens (tertiary/aromatic N) is 2.